The van der Waals surface area contributed by atoms with E-state index in [9.17, 15) is 14.4 Å². The van der Waals surface area contributed by atoms with Crippen molar-refractivity contribution in [1.29, 1.82) is 0 Å². The minimum atomic E-state index is -0.709. The summed E-state index contributed by atoms with van der Waals surface area (Å²) in [5.41, 5.74) is 0. The molecule has 6 nitrogen and oxygen atoms in total. The molecule has 0 aromatic heterocycles. The Kier molecular flexibility index (Phi) is 4.48. The first-order valence-electron chi connectivity index (χ1n) is 5.53. The van der Waals surface area contributed by atoms with E-state index in [-0.39, 0.29) is 12.3 Å². The van der Waals surface area contributed by atoms with E-state index in [4.69, 9.17) is 0 Å². The van der Waals surface area contributed by atoms with Crippen LogP contribution in [0.1, 0.15) is 26.2 Å². The number of rotatable bonds is 4. The summed E-state index contributed by atoms with van der Waals surface area (Å²) < 4.78 is 9.28. The van der Waals surface area contributed by atoms with Crippen molar-refractivity contribution in [2.45, 2.75) is 38.3 Å². The maximum atomic E-state index is 11.7. The molecule has 2 atom stereocenters. The molecule has 6 heteroatoms. The highest BCUT2D eigenvalue weighted by molar-refractivity contribution is 5.92. The Morgan fingerprint density at radius 1 is 1.41 bits per heavy atom. The van der Waals surface area contributed by atoms with Crippen molar-refractivity contribution in [3.63, 3.8) is 0 Å². The van der Waals surface area contributed by atoms with E-state index in [1.165, 1.54) is 19.1 Å². The molecule has 1 fully saturated rings. The van der Waals surface area contributed by atoms with Crippen LogP contribution in [0.2, 0.25) is 0 Å². The van der Waals surface area contributed by atoms with Crippen LogP contribution in [-0.4, -0.2) is 49.0 Å². The van der Waals surface area contributed by atoms with Gasteiger partial charge >= 0.3 is 11.9 Å². The van der Waals surface area contributed by atoms with Gasteiger partial charge in [0.1, 0.15) is 12.1 Å². The van der Waals surface area contributed by atoms with E-state index in [0.717, 1.165) is 0 Å². The van der Waals surface area contributed by atoms with Crippen molar-refractivity contribution < 1.29 is 23.9 Å². The second-order valence-electron chi connectivity index (χ2n) is 3.83. The molecule has 1 aliphatic rings. The zero-order valence-electron chi connectivity index (χ0n) is 10.3. The first-order chi connectivity index (χ1) is 8.06. The van der Waals surface area contributed by atoms with E-state index in [0.29, 0.717) is 12.8 Å². The molecule has 0 aliphatic carbocycles. The third-order valence-corrected chi connectivity index (χ3v) is 2.92. The molecule has 0 aromatic rings. The molecule has 96 valence electrons. The molecular formula is C11H17NO5. The van der Waals surface area contributed by atoms with Crippen LogP contribution in [0.15, 0.2) is 0 Å². The summed E-state index contributed by atoms with van der Waals surface area (Å²) >= 11 is 0. The van der Waals surface area contributed by atoms with Crippen LogP contribution in [0.3, 0.4) is 0 Å². The third-order valence-electron chi connectivity index (χ3n) is 2.92. The average Bonchev–Trinajstić information content (AvgIpc) is 2.71. The molecule has 1 saturated heterocycles. The molecule has 0 saturated carbocycles. The summed E-state index contributed by atoms with van der Waals surface area (Å²) in [5, 5.41) is 0. The van der Waals surface area contributed by atoms with Gasteiger partial charge in [0.25, 0.3) is 0 Å². The van der Waals surface area contributed by atoms with Crippen molar-refractivity contribution >= 4 is 17.8 Å². The molecule has 0 bridgehead atoms. The highest BCUT2D eigenvalue weighted by atomic mass is 16.5. The van der Waals surface area contributed by atoms with Crippen LogP contribution in [0.25, 0.3) is 0 Å². The lowest BCUT2D eigenvalue weighted by Gasteiger charge is -2.29. The number of likely N-dealkylation sites (tertiary alicyclic amines) is 1. The number of nitrogens with zero attached hydrogens (tertiary/aromatic N) is 1. The zero-order chi connectivity index (χ0) is 13.0. The average molecular weight is 243 g/mol. The summed E-state index contributed by atoms with van der Waals surface area (Å²) in [5.74, 6) is -1.20. The van der Waals surface area contributed by atoms with E-state index in [2.05, 4.69) is 9.47 Å². The number of carbonyl (C=O) groups excluding carboxylic acids is 3. The number of hydrogen-bond donors (Lipinski definition) is 0. The van der Waals surface area contributed by atoms with Gasteiger partial charge in [0.15, 0.2) is 0 Å². The minimum Gasteiger partial charge on any atom is -0.467 e. The van der Waals surface area contributed by atoms with Gasteiger partial charge in [-0.05, 0) is 12.8 Å². The third kappa shape index (κ3) is 2.57. The van der Waals surface area contributed by atoms with Gasteiger partial charge in [-0.3, -0.25) is 4.79 Å². The molecule has 0 N–H and O–H groups in total. The number of amides is 1. The van der Waals surface area contributed by atoms with E-state index < -0.39 is 24.0 Å². The lowest BCUT2D eigenvalue weighted by molar-refractivity contribution is -0.158. The van der Waals surface area contributed by atoms with Gasteiger partial charge in [-0.25, -0.2) is 9.59 Å². The van der Waals surface area contributed by atoms with Crippen LogP contribution in [-0.2, 0) is 23.9 Å². The molecule has 1 aliphatic heterocycles. The van der Waals surface area contributed by atoms with Crippen molar-refractivity contribution in [1.82, 2.24) is 4.90 Å². The molecule has 0 aromatic carbocycles. The van der Waals surface area contributed by atoms with Crippen LogP contribution in [0.5, 0.6) is 0 Å². The molecule has 1 amide bonds. The van der Waals surface area contributed by atoms with Gasteiger partial charge in [-0.1, -0.05) is 6.92 Å². The van der Waals surface area contributed by atoms with Gasteiger partial charge in [0.2, 0.25) is 5.91 Å². The fraction of sp³-hybridized carbons (Fsp3) is 0.727. The van der Waals surface area contributed by atoms with Crippen molar-refractivity contribution in [2.24, 2.45) is 0 Å². The van der Waals surface area contributed by atoms with Crippen LogP contribution < -0.4 is 0 Å². The Hall–Kier alpha value is -1.59. The summed E-state index contributed by atoms with van der Waals surface area (Å²) in [6.07, 6.45) is 1.05. The number of hydrogen-bond acceptors (Lipinski definition) is 5. The molecule has 2 unspecified atom stereocenters. The molecule has 1 rings (SSSR count). The quantitative estimate of drug-likeness (QED) is 0.655. The Bertz CT molecular complexity index is 328. The van der Waals surface area contributed by atoms with Crippen LogP contribution in [0, 0.1) is 0 Å². The van der Waals surface area contributed by atoms with Gasteiger partial charge in [-0.2, -0.15) is 0 Å². The zero-order valence-corrected chi connectivity index (χ0v) is 10.3. The second kappa shape index (κ2) is 5.65. The van der Waals surface area contributed by atoms with Gasteiger partial charge < -0.3 is 14.4 Å². The minimum absolute atomic E-state index is 0.211. The number of ether oxygens (including phenoxy) is 2. The molecule has 17 heavy (non-hydrogen) atoms. The normalized spacial score (nSPS) is 21.2. The number of methoxy groups -OCH3 is 2. The lowest BCUT2D eigenvalue weighted by Crippen LogP contribution is -2.49. The SMILES string of the molecule is CCC(C(=O)OC)N1C(=O)CCC1C(=O)OC. The van der Waals surface area contributed by atoms with Crippen molar-refractivity contribution in [2.75, 3.05) is 14.2 Å². The van der Waals surface area contributed by atoms with Crippen LogP contribution in [0.4, 0.5) is 0 Å². The predicted molar refractivity (Wildman–Crippen MR) is 58.0 cm³/mol. The molecule has 0 radical (unpaired) electrons. The summed E-state index contributed by atoms with van der Waals surface area (Å²) in [4.78, 5) is 36.1. The standard InChI is InChI=1S/C11H17NO5/c1-4-7(10(14)16-2)12-8(11(15)17-3)5-6-9(12)13/h7-8H,4-6H2,1-3H3. The first-order valence-corrected chi connectivity index (χ1v) is 5.53. The van der Waals surface area contributed by atoms with E-state index in [1.807, 2.05) is 0 Å². The first kappa shape index (κ1) is 13.5. The predicted octanol–water partition coefficient (Wildman–Crippen LogP) is 0.102. The monoisotopic (exact) mass is 243 g/mol. The second-order valence-corrected chi connectivity index (χ2v) is 3.83. The lowest BCUT2D eigenvalue weighted by atomic mass is 10.1. The molecular weight excluding hydrogens is 226 g/mol. The Balaban J connectivity index is 2.93. The fourth-order valence-electron chi connectivity index (χ4n) is 2.07. The van der Waals surface area contributed by atoms with Crippen molar-refractivity contribution in [3.8, 4) is 0 Å². The highest BCUT2D eigenvalue weighted by Crippen LogP contribution is 2.24. The number of esters is 2. The topological polar surface area (TPSA) is 72.9 Å². The smallest absolute Gasteiger partial charge is 0.328 e. The van der Waals surface area contributed by atoms with Gasteiger partial charge in [-0.15, -0.1) is 0 Å². The Morgan fingerprint density at radius 3 is 2.53 bits per heavy atom. The molecule has 1 heterocycles. The Morgan fingerprint density at radius 2 is 2.06 bits per heavy atom. The van der Waals surface area contributed by atoms with Gasteiger partial charge in [0.05, 0.1) is 14.2 Å². The van der Waals surface area contributed by atoms with Crippen molar-refractivity contribution in [3.05, 3.63) is 0 Å². The van der Waals surface area contributed by atoms with E-state index in [1.54, 1.807) is 6.92 Å². The fourth-order valence-corrected chi connectivity index (χ4v) is 2.07. The Labute approximate surface area is 99.9 Å². The maximum Gasteiger partial charge on any atom is 0.328 e. The maximum absolute atomic E-state index is 11.7. The summed E-state index contributed by atoms with van der Waals surface area (Å²) in [6, 6.07) is -1.38. The van der Waals surface area contributed by atoms with Gasteiger partial charge in [0, 0.05) is 6.42 Å². The van der Waals surface area contributed by atoms with E-state index >= 15 is 0 Å². The summed E-state index contributed by atoms with van der Waals surface area (Å²) in [7, 11) is 2.53. The summed E-state index contributed by atoms with van der Waals surface area (Å²) in [6.45, 7) is 1.77. The molecule has 0 spiro atoms. The van der Waals surface area contributed by atoms with Crippen LogP contribution >= 0.6 is 0 Å². The number of carbonyl (C=O) groups is 3. The highest BCUT2D eigenvalue weighted by Gasteiger charge is 2.43. The largest absolute Gasteiger partial charge is 0.467 e.